The van der Waals surface area contributed by atoms with E-state index in [-0.39, 0.29) is 0 Å². The lowest BCUT2D eigenvalue weighted by atomic mass is 10.2. The molecule has 15 heavy (non-hydrogen) atoms. The van der Waals surface area contributed by atoms with Crippen LogP contribution >= 0.6 is 23.4 Å². The molecule has 0 saturated carbocycles. The number of benzene rings is 1. The highest BCUT2D eigenvalue weighted by Crippen LogP contribution is 2.21. The van der Waals surface area contributed by atoms with E-state index in [1.807, 2.05) is 38.1 Å². The maximum absolute atomic E-state index is 6.04. The Labute approximate surface area is 100 Å². The lowest BCUT2D eigenvalue weighted by molar-refractivity contribution is 1.33. The Morgan fingerprint density at radius 2 is 2.07 bits per heavy atom. The second-order valence-corrected chi connectivity index (χ2v) is 4.82. The molecular formula is C12H14ClNS. The minimum atomic E-state index is 0.813. The molecule has 3 heteroatoms. The summed E-state index contributed by atoms with van der Waals surface area (Å²) in [5, 5.41) is 1.83. The van der Waals surface area contributed by atoms with E-state index in [9.17, 15) is 0 Å². The minimum Gasteiger partial charge on any atom is -0.252 e. The molecule has 1 aromatic carbocycles. The summed E-state index contributed by atoms with van der Waals surface area (Å²) in [5.74, 6) is 0.849. The zero-order valence-electron chi connectivity index (χ0n) is 8.96. The number of rotatable bonds is 3. The van der Waals surface area contributed by atoms with Crippen molar-refractivity contribution >= 4 is 28.4 Å². The normalized spacial score (nSPS) is 11.5. The molecule has 0 unspecified atom stereocenters. The molecule has 0 aromatic heterocycles. The Morgan fingerprint density at radius 3 is 2.67 bits per heavy atom. The molecule has 1 aromatic rings. The highest BCUT2D eigenvalue weighted by atomic mass is 35.5. The monoisotopic (exact) mass is 239 g/mol. The average molecular weight is 240 g/mol. The van der Waals surface area contributed by atoms with Gasteiger partial charge in [0.2, 0.25) is 0 Å². The van der Waals surface area contributed by atoms with Gasteiger partial charge in [0, 0.05) is 16.5 Å². The highest BCUT2D eigenvalue weighted by Gasteiger charge is 2.00. The molecule has 0 saturated heterocycles. The van der Waals surface area contributed by atoms with Gasteiger partial charge in [-0.2, -0.15) is 0 Å². The van der Waals surface area contributed by atoms with Gasteiger partial charge in [0.15, 0.2) is 0 Å². The van der Waals surface area contributed by atoms with Gasteiger partial charge in [-0.1, -0.05) is 36.4 Å². The predicted octanol–water partition coefficient (Wildman–Crippen LogP) is 4.53. The zero-order valence-corrected chi connectivity index (χ0v) is 10.5. The summed E-state index contributed by atoms with van der Waals surface area (Å²) in [6.07, 6.45) is 0. The van der Waals surface area contributed by atoms with Crippen molar-refractivity contribution < 1.29 is 0 Å². The van der Waals surface area contributed by atoms with Crippen molar-refractivity contribution in [2.45, 2.75) is 19.6 Å². The summed E-state index contributed by atoms with van der Waals surface area (Å²) in [5.41, 5.74) is 1.97. The van der Waals surface area contributed by atoms with Gasteiger partial charge in [-0.25, -0.2) is 0 Å². The summed E-state index contributed by atoms with van der Waals surface area (Å²) < 4.78 is 0. The van der Waals surface area contributed by atoms with Crippen molar-refractivity contribution in [3.63, 3.8) is 0 Å². The molecule has 0 spiro atoms. The third-order valence-corrected chi connectivity index (χ3v) is 3.08. The van der Waals surface area contributed by atoms with Gasteiger partial charge in [0.25, 0.3) is 0 Å². The first-order chi connectivity index (χ1) is 7.09. The van der Waals surface area contributed by atoms with E-state index in [1.165, 1.54) is 0 Å². The number of hydrogen-bond acceptors (Lipinski definition) is 2. The predicted molar refractivity (Wildman–Crippen MR) is 70.7 cm³/mol. The quantitative estimate of drug-likeness (QED) is 0.558. The van der Waals surface area contributed by atoms with Crippen LogP contribution in [0.25, 0.3) is 0 Å². The Kier molecular flexibility index (Phi) is 4.92. The van der Waals surface area contributed by atoms with Crippen LogP contribution < -0.4 is 0 Å². The van der Waals surface area contributed by atoms with E-state index in [0.717, 1.165) is 27.1 Å². The smallest absolute Gasteiger partial charge is 0.0706 e. The first-order valence-corrected chi connectivity index (χ1v) is 6.03. The van der Waals surface area contributed by atoms with E-state index < -0.39 is 0 Å². The molecule has 0 aliphatic heterocycles. The summed E-state index contributed by atoms with van der Waals surface area (Å²) in [7, 11) is 0. The second-order valence-electron chi connectivity index (χ2n) is 3.25. The van der Waals surface area contributed by atoms with Crippen LogP contribution in [0, 0.1) is 0 Å². The third-order valence-electron chi connectivity index (χ3n) is 1.74. The summed E-state index contributed by atoms with van der Waals surface area (Å²) >= 11 is 7.72. The van der Waals surface area contributed by atoms with Gasteiger partial charge in [0.05, 0.1) is 5.04 Å². The van der Waals surface area contributed by atoms with Gasteiger partial charge >= 0.3 is 0 Å². The number of halogens is 1. The maximum Gasteiger partial charge on any atom is 0.0706 e. The van der Waals surface area contributed by atoms with Crippen molar-refractivity contribution in [2.75, 3.05) is 0 Å². The molecule has 0 N–H and O–H groups in total. The van der Waals surface area contributed by atoms with Crippen molar-refractivity contribution in [1.29, 1.82) is 0 Å². The molecule has 0 fully saturated rings. The molecule has 80 valence electrons. The lowest BCUT2D eigenvalue weighted by Gasteiger charge is -2.03. The van der Waals surface area contributed by atoms with Gasteiger partial charge in [-0.15, -0.1) is 11.8 Å². The Balaban J connectivity index is 2.58. The molecule has 0 amide bonds. The second kappa shape index (κ2) is 5.99. The van der Waals surface area contributed by atoms with Crippen molar-refractivity contribution in [2.24, 2.45) is 4.99 Å². The van der Waals surface area contributed by atoms with E-state index in [0.29, 0.717) is 0 Å². The molecule has 0 aliphatic rings. The molecule has 0 bridgehead atoms. The van der Waals surface area contributed by atoms with Crippen LogP contribution in [0.15, 0.2) is 41.5 Å². The van der Waals surface area contributed by atoms with Gasteiger partial charge < -0.3 is 0 Å². The van der Waals surface area contributed by atoms with Crippen LogP contribution in [0.4, 0.5) is 0 Å². The van der Waals surface area contributed by atoms with E-state index >= 15 is 0 Å². The number of thioether (sulfide) groups is 1. The number of hydrogen-bond donors (Lipinski definition) is 0. The fourth-order valence-electron chi connectivity index (χ4n) is 1.10. The van der Waals surface area contributed by atoms with Crippen molar-refractivity contribution in [3.8, 4) is 0 Å². The molecule has 0 heterocycles. The topological polar surface area (TPSA) is 12.4 Å². The summed E-state index contributed by atoms with van der Waals surface area (Å²) in [4.78, 5) is 4.26. The Hall–Kier alpha value is -0.730. The van der Waals surface area contributed by atoms with E-state index in [2.05, 4.69) is 11.6 Å². The standard InChI is InChI=1S/C12H14ClNS/c1-9(2)14-10(3)15-8-11-6-4-5-7-12(11)13/h4-7H,1,8H2,2-3H3/b14-10+. The molecular weight excluding hydrogens is 226 g/mol. The fraction of sp³-hybridized carbons (Fsp3) is 0.250. The lowest BCUT2D eigenvalue weighted by Crippen LogP contribution is -1.88. The van der Waals surface area contributed by atoms with Gasteiger partial charge in [-0.3, -0.25) is 4.99 Å². The van der Waals surface area contributed by atoms with Crippen LogP contribution in [0.5, 0.6) is 0 Å². The third kappa shape index (κ3) is 4.54. The molecule has 1 nitrogen and oxygen atoms in total. The zero-order chi connectivity index (χ0) is 11.3. The summed E-state index contributed by atoms with van der Waals surface area (Å²) in [6, 6.07) is 7.87. The van der Waals surface area contributed by atoms with E-state index in [1.54, 1.807) is 11.8 Å². The average Bonchev–Trinajstić information content (AvgIpc) is 2.15. The van der Waals surface area contributed by atoms with Gasteiger partial charge in [0.1, 0.15) is 0 Å². The number of allylic oxidation sites excluding steroid dienone is 1. The van der Waals surface area contributed by atoms with E-state index in [4.69, 9.17) is 11.6 Å². The largest absolute Gasteiger partial charge is 0.252 e. The molecule has 0 radical (unpaired) electrons. The Morgan fingerprint density at radius 1 is 1.40 bits per heavy atom. The minimum absolute atomic E-state index is 0.813. The maximum atomic E-state index is 6.04. The number of nitrogens with zero attached hydrogens (tertiary/aromatic N) is 1. The van der Waals surface area contributed by atoms with Crippen molar-refractivity contribution in [3.05, 3.63) is 47.1 Å². The summed E-state index contributed by atoms with van der Waals surface area (Å²) in [6.45, 7) is 7.61. The first kappa shape index (κ1) is 12.3. The van der Waals surface area contributed by atoms with Crippen LogP contribution in [-0.4, -0.2) is 5.04 Å². The van der Waals surface area contributed by atoms with Crippen LogP contribution in [0.3, 0.4) is 0 Å². The van der Waals surface area contributed by atoms with Crippen LogP contribution in [0.2, 0.25) is 5.02 Å². The molecule has 1 rings (SSSR count). The van der Waals surface area contributed by atoms with Crippen molar-refractivity contribution in [1.82, 2.24) is 0 Å². The fourth-order valence-corrected chi connectivity index (χ4v) is 2.22. The van der Waals surface area contributed by atoms with Crippen LogP contribution in [0.1, 0.15) is 19.4 Å². The highest BCUT2D eigenvalue weighted by molar-refractivity contribution is 8.13. The van der Waals surface area contributed by atoms with Gasteiger partial charge in [-0.05, 0) is 25.5 Å². The number of aliphatic imine (C=N–C) groups is 1. The molecule has 0 atom stereocenters. The first-order valence-electron chi connectivity index (χ1n) is 4.66. The Bertz CT molecular complexity index is 385. The van der Waals surface area contributed by atoms with Crippen LogP contribution in [-0.2, 0) is 5.75 Å². The molecule has 0 aliphatic carbocycles. The SMILES string of the molecule is C=C(C)/N=C(\C)SCc1ccccc1Cl.